The number of hydrogen-bond acceptors (Lipinski definition) is 5. The molecule has 2 heterocycles. The van der Waals surface area contributed by atoms with E-state index in [1.165, 1.54) is 12.1 Å². The minimum atomic E-state index is -3.77. The molecule has 36 heavy (non-hydrogen) atoms. The van der Waals surface area contributed by atoms with Gasteiger partial charge in [-0.3, -0.25) is 0 Å². The summed E-state index contributed by atoms with van der Waals surface area (Å²) >= 11 is 0. The Kier molecular flexibility index (Phi) is 5.26. The molecule has 1 fully saturated rings. The molecular weight excluding hydrogens is 470 g/mol. The standard InChI is InChI=1S/C28H25N5O2S/c29-28(15-4-16-28)22-11-7-21(8-12-22)26-24(19-5-2-1-3-6-19)17-32-33-25(18-31-27(26)33)20-9-13-23(14-10-20)36(30,34)35/h1-3,5-14,17-18H,4,15-16,29H2,(H2,30,34,35). The molecule has 0 bridgehead atoms. The highest BCUT2D eigenvalue weighted by Crippen LogP contribution is 2.41. The summed E-state index contributed by atoms with van der Waals surface area (Å²) in [4.78, 5) is 4.82. The molecular formula is C28H25N5O2S. The maximum absolute atomic E-state index is 11.7. The minimum absolute atomic E-state index is 0.0595. The van der Waals surface area contributed by atoms with Crippen molar-refractivity contribution in [1.82, 2.24) is 14.6 Å². The molecule has 7 nitrogen and oxygen atoms in total. The predicted octanol–water partition coefficient (Wildman–Crippen LogP) is 4.72. The predicted molar refractivity (Wildman–Crippen MR) is 140 cm³/mol. The Bertz CT molecular complexity index is 1670. The van der Waals surface area contributed by atoms with Gasteiger partial charge in [-0.25, -0.2) is 23.1 Å². The van der Waals surface area contributed by atoms with E-state index in [2.05, 4.69) is 36.4 Å². The summed E-state index contributed by atoms with van der Waals surface area (Å²) in [7, 11) is -3.77. The third kappa shape index (κ3) is 3.80. The number of benzene rings is 3. The number of nitrogens with two attached hydrogens (primary N) is 2. The van der Waals surface area contributed by atoms with Gasteiger partial charge in [0, 0.05) is 22.2 Å². The third-order valence-electron chi connectivity index (χ3n) is 7.09. The first-order valence-electron chi connectivity index (χ1n) is 11.8. The van der Waals surface area contributed by atoms with Gasteiger partial charge < -0.3 is 5.73 Å². The van der Waals surface area contributed by atoms with Gasteiger partial charge in [0.15, 0.2) is 5.65 Å². The van der Waals surface area contributed by atoms with Crippen LogP contribution in [0.2, 0.25) is 0 Å². The van der Waals surface area contributed by atoms with E-state index < -0.39 is 10.0 Å². The van der Waals surface area contributed by atoms with E-state index in [-0.39, 0.29) is 10.4 Å². The van der Waals surface area contributed by atoms with Gasteiger partial charge in [-0.15, -0.1) is 0 Å². The molecule has 1 aliphatic carbocycles. The van der Waals surface area contributed by atoms with Crippen LogP contribution in [-0.4, -0.2) is 23.0 Å². The van der Waals surface area contributed by atoms with Crippen molar-refractivity contribution in [2.75, 3.05) is 0 Å². The SMILES string of the molecule is NC1(c2ccc(-c3c(-c4ccccc4)cnn4c(-c5ccc(S(N)(=O)=O)cc5)cnc34)cc2)CCC1. The van der Waals surface area contributed by atoms with E-state index in [0.29, 0.717) is 5.65 Å². The summed E-state index contributed by atoms with van der Waals surface area (Å²) in [5, 5.41) is 9.98. The largest absolute Gasteiger partial charge is 0.321 e. The first-order chi connectivity index (χ1) is 17.3. The zero-order valence-electron chi connectivity index (χ0n) is 19.5. The number of aromatic nitrogens is 3. The van der Waals surface area contributed by atoms with Gasteiger partial charge in [0.05, 0.1) is 23.0 Å². The number of rotatable bonds is 5. The maximum atomic E-state index is 11.7. The normalized spacial score (nSPS) is 15.1. The molecule has 8 heteroatoms. The van der Waals surface area contributed by atoms with Crippen LogP contribution in [0.3, 0.4) is 0 Å². The molecule has 2 aromatic heterocycles. The Morgan fingerprint density at radius 2 is 1.47 bits per heavy atom. The van der Waals surface area contributed by atoms with E-state index in [4.69, 9.17) is 21.0 Å². The van der Waals surface area contributed by atoms with Crippen LogP contribution in [0.25, 0.3) is 39.2 Å². The Labute approximate surface area is 209 Å². The van der Waals surface area contributed by atoms with Crippen LogP contribution < -0.4 is 10.9 Å². The lowest BCUT2D eigenvalue weighted by Gasteiger charge is -2.38. The molecule has 0 radical (unpaired) electrons. The highest BCUT2D eigenvalue weighted by atomic mass is 32.2. The van der Waals surface area contributed by atoms with Gasteiger partial charge >= 0.3 is 0 Å². The lowest BCUT2D eigenvalue weighted by Crippen LogP contribution is -2.43. The van der Waals surface area contributed by atoms with Crippen molar-refractivity contribution < 1.29 is 8.42 Å². The van der Waals surface area contributed by atoms with Gasteiger partial charge in [-0.2, -0.15) is 5.10 Å². The van der Waals surface area contributed by atoms with E-state index in [0.717, 1.165) is 58.3 Å². The molecule has 180 valence electrons. The Morgan fingerprint density at radius 1 is 0.806 bits per heavy atom. The summed E-state index contributed by atoms with van der Waals surface area (Å²) in [5.74, 6) is 0. The minimum Gasteiger partial charge on any atom is -0.321 e. The molecule has 6 rings (SSSR count). The van der Waals surface area contributed by atoms with Crippen molar-refractivity contribution in [1.29, 1.82) is 0 Å². The topological polar surface area (TPSA) is 116 Å². The van der Waals surface area contributed by atoms with Crippen molar-refractivity contribution in [2.24, 2.45) is 10.9 Å². The fourth-order valence-electron chi connectivity index (χ4n) is 4.88. The van der Waals surface area contributed by atoms with Crippen LogP contribution in [0.5, 0.6) is 0 Å². The average Bonchev–Trinajstić information content (AvgIpc) is 3.31. The molecule has 3 aromatic carbocycles. The number of fused-ring (bicyclic) bond motifs is 1. The summed E-state index contributed by atoms with van der Waals surface area (Å²) in [5.41, 5.74) is 13.7. The number of nitrogens with zero attached hydrogens (tertiary/aromatic N) is 3. The monoisotopic (exact) mass is 495 g/mol. The van der Waals surface area contributed by atoms with Crippen molar-refractivity contribution in [2.45, 2.75) is 29.7 Å². The summed E-state index contributed by atoms with van der Waals surface area (Å²) in [6.45, 7) is 0. The molecule has 0 aliphatic heterocycles. The molecule has 0 saturated heterocycles. The van der Waals surface area contributed by atoms with Crippen molar-refractivity contribution in [3.63, 3.8) is 0 Å². The Balaban J connectivity index is 1.52. The van der Waals surface area contributed by atoms with Crippen LogP contribution in [-0.2, 0) is 15.6 Å². The first-order valence-corrected chi connectivity index (χ1v) is 13.3. The summed E-state index contributed by atoms with van der Waals surface area (Å²) < 4.78 is 25.1. The van der Waals surface area contributed by atoms with Gasteiger partial charge in [0.25, 0.3) is 0 Å². The third-order valence-corrected chi connectivity index (χ3v) is 8.02. The smallest absolute Gasteiger partial charge is 0.238 e. The van der Waals surface area contributed by atoms with Crippen molar-refractivity contribution >= 4 is 15.7 Å². The van der Waals surface area contributed by atoms with Crippen molar-refractivity contribution in [3.05, 3.63) is 96.8 Å². The van der Waals surface area contributed by atoms with Crippen LogP contribution in [0.15, 0.2) is 96.2 Å². The van der Waals surface area contributed by atoms with Gasteiger partial charge in [-0.05, 0) is 48.1 Å². The van der Waals surface area contributed by atoms with Crippen molar-refractivity contribution in [3.8, 4) is 33.5 Å². The number of primary sulfonamides is 1. The molecule has 4 N–H and O–H groups in total. The molecule has 5 aromatic rings. The molecule has 0 atom stereocenters. The average molecular weight is 496 g/mol. The number of imidazole rings is 1. The summed E-state index contributed by atoms with van der Waals surface area (Å²) in [6.07, 6.45) is 6.79. The fourth-order valence-corrected chi connectivity index (χ4v) is 5.40. The zero-order valence-corrected chi connectivity index (χ0v) is 20.3. The zero-order chi connectivity index (χ0) is 24.9. The Hall–Kier alpha value is -3.85. The number of sulfonamides is 1. The lowest BCUT2D eigenvalue weighted by molar-refractivity contribution is 0.253. The first kappa shape index (κ1) is 22.6. The van der Waals surface area contributed by atoms with E-state index in [9.17, 15) is 8.42 Å². The second-order valence-corrected chi connectivity index (χ2v) is 10.9. The molecule has 0 unspecified atom stereocenters. The maximum Gasteiger partial charge on any atom is 0.238 e. The van der Waals surface area contributed by atoms with Crippen LogP contribution in [0, 0.1) is 0 Å². The molecule has 0 spiro atoms. The van der Waals surface area contributed by atoms with Gasteiger partial charge in [-0.1, -0.05) is 66.7 Å². The van der Waals surface area contributed by atoms with Gasteiger partial charge in [0.1, 0.15) is 0 Å². The Morgan fingerprint density at radius 3 is 2.08 bits per heavy atom. The molecule has 1 saturated carbocycles. The van der Waals surface area contributed by atoms with E-state index in [1.54, 1.807) is 22.8 Å². The quantitative estimate of drug-likeness (QED) is 0.366. The molecule has 0 amide bonds. The molecule has 1 aliphatic rings. The highest BCUT2D eigenvalue weighted by Gasteiger charge is 2.34. The van der Waals surface area contributed by atoms with Crippen LogP contribution in [0.1, 0.15) is 24.8 Å². The second-order valence-electron chi connectivity index (χ2n) is 9.33. The van der Waals surface area contributed by atoms with E-state index in [1.807, 2.05) is 24.4 Å². The number of hydrogen-bond donors (Lipinski definition) is 2. The lowest BCUT2D eigenvalue weighted by atomic mass is 9.72. The van der Waals surface area contributed by atoms with Crippen LogP contribution in [0.4, 0.5) is 0 Å². The van der Waals surface area contributed by atoms with E-state index >= 15 is 0 Å². The van der Waals surface area contributed by atoms with Gasteiger partial charge in [0.2, 0.25) is 10.0 Å². The summed E-state index contributed by atoms with van der Waals surface area (Å²) in [6, 6.07) is 25.0. The van der Waals surface area contributed by atoms with Crippen LogP contribution >= 0.6 is 0 Å². The highest BCUT2D eigenvalue weighted by molar-refractivity contribution is 7.89. The second kappa shape index (κ2) is 8.37. The fraction of sp³-hybridized carbons (Fsp3) is 0.143.